The molecule has 3 N–H and O–H groups in total. The standard InChI is InChI=1S/C13H22N4OS/c1-13(2,3)17-11(18)8-16-12(14-4)15-7-10-5-6-19-9-10/h5-6,9H,7-8H2,1-4H3,(H,17,18)(H2,14,15,16). The van der Waals surface area contributed by atoms with Crippen LogP contribution >= 0.6 is 11.3 Å². The Morgan fingerprint density at radius 1 is 1.37 bits per heavy atom. The number of nitrogens with one attached hydrogen (secondary N) is 3. The summed E-state index contributed by atoms with van der Waals surface area (Å²) < 4.78 is 0. The van der Waals surface area contributed by atoms with Crippen molar-refractivity contribution in [3.8, 4) is 0 Å². The zero-order valence-corrected chi connectivity index (χ0v) is 12.7. The summed E-state index contributed by atoms with van der Waals surface area (Å²) in [4.78, 5) is 15.7. The first-order valence-corrected chi connectivity index (χ1v) is 7.11. The molecule has 6 heteroatoms. The maximum absolute atomic E-state index is 11.7. The fraction of sp³-hybridized carbons (Fsp3) is 0.538. The van der Waals surface area contributed by atoms with Crippen LogP contribution in [0.15, 0.2) is 21.8 Å². The van der Waals surface area contributed by atoms with E-state index in [1.165, 1.54) is 5.56 Å². The van der Waals surface area contributed by atoms with Crippen LogP contribution in [0.1, 0.15) is 26.3 Å². The number of rotatable bonds is 4. The van der Waals surface area contributed by atoms with Crippen LogP contribution in [0, 0.1) is 0 Å². The average molecular weight is 282 g/mol. The third kappa shape index (κ3) is 6.81. The minimum Gasteiger partial charge on any atom is -0.352 e. The molecule has 1 heterocycles. The van der Waals surface area contributed by atoms with Gasteiger partial charge in [0.05, 0.1) is 6.54 Å². The molecule has 0 radical (unpaired) electrons. The molecular weight excluding hydrogens is 260 g/mol. The molecule has 0 atom stereocenters. The Hall–Kier alpha value is -1.56. The number of amides is 1. The lowest BCUT2D eigenvalue weighted by atomic mass is 10.1. The van der Waals surface area contributed by atoms with Gasteiger partial charge in [0.25, 0.3) is 0 Å². The third-order valence-electron chi connectivity index (χ3n) is 2.19. The van der Waals surface area contributed by atoms with Crippen LogP contribution < -0.4 is 16.0 Å². The number of hydrogen-bond acceptors (Lipinski definition) is 3. The Labute approximate surface area is 118 Å². The first-order valence-electron chi connectivity index (χ1n) is 6.17. The highest BCUT2D eigenvalue weighted by atomic mass is 32.1. The number of nitrogens with zero attached hydrogens (tertiary/aromatic N) is 1. The van der Waals surface area contributed by atoms with E-state index in [2.05, 4.69) is 32.4 Å². The van der Waals surface area contributed by atoms with E-state index in [4.69, 9.17) is 0 Å². The molecule has 0 saturated heterocycles. The van der Waals surface area contributed by atoms with Crippen molar-refractivity contribution in [1.82, 2.24) is 16.0 Å². The van der Waals surface area contributed by atoms with Gasteiger partial charge in [-0.1, -0.05) is 0 Å². The summed E-state index contributed by atoms with van der Waals surface area (Å²) in [5, 5.41) is 13.1. The van der Waals surface area contributed by atoms with E-state index in [0.717, 1.165) is 0 Å². The molecule has 1 aromatic rings. The topological polar surface area (TPSA) is 65.5 Å². The predicted octanol–water partition coefficient (Wildman–Crippen LogP) is 1.33. The van der Waals surface area contributed by atoms with Gasteiger partial charge in [0, 0.05) is 19.1 Å². The fourth-order valence-electron chi connectivity index (χ4n) is 1.43. The fourth-order valence-corrected chi connectivity index (χ4v) is 2.09. The second kappa shape index (κ2) is 7.13. The third-order valence-corrected chi connectivity index (χ3v) is 2.93. The second-order valence-electron chi connectivity index (χ2n) is 5.21. The van der Waals surface area contributed by atoms with Gasteiger partial charge in [0.15, 0.2) is 5.96 Å². The van der Waals surface area contributed by atoms with E-state index in [1.54, 1.807) is 18.4 Å². The number of guanidine groups is 1. The molecule has 0 aliphatic heterocycles. The van der Waals surface area contributed by atoms with E-state index in [-0.39, 0.29) is 18.0 Å². The van der Waals surface area contributed by atoms with Crippen LogP contribution in [0.2, 0.25) is 0 Å². The maximum atomic E-state index is 11.7. The monoisotopic (exact) mass is 282 g/mol. The molecule has 106 valence electrons. The highest BCUT2D eigenvalue weighted by Gasteiger charge is 2.13. The molecule has 5 nitrogen and oxygen atoms in total. The van der Waals surface area contributed by atoms with Gasteiger partial charge < -0.3 is 16.0 Å². The Balaban J connectivity index is 2.31. The SMILES string of the molecule is CN=C(NCC(=O)NC(C)(C)C)NCc1ccsc1. The minimum absolute atomic E-state index is 0.0500. The van der Waals surface area contributed by atoms with Crippen LogP contribution in [0.25, 0.3) is 0 Å². The zero-order chi connectivity index (χ0) is 14.3. The van der Waals surface area contributed by atoms with Crippen molar-refractivity contribution >= 4 is 23.2 Å². The summed E-state index contributed by atoms with van der Waals surface area (Å²) in [6.07, 6.45) is 0. The zero-order valence-electron chi connectivity index (χ0n) is 11.9. The van der Waals surface area contributed by atoms with Gasteiger partial charge in [-0.3, -0.25) is 9.79 Å². The number of carbonyl (C=O) groups is 1. The van der Waals surface area contributed by atoms with Gasteiger partial charge in [-0.05, 0) is 43.2 Å². The lowest BCUT2D eigenvalue weighted by Gasteiger charge is -2.21. The summed E-state index contributed by atoms with van der Waals surface area (Å²) in [5.74, 6) is 0.571. The number of aliphatic imine (C=N–C) groups is 1. The van der Waals surface area contributed by atoms with Gasteiger partial charge in [0.1, 0.15) is 0 Å². The highest BCUT2D eigenvalue weighted by Crippen LogP contribution is 2.04. The number of carbonyl (C=O) groups excluding carboxylic acids is 1. The number of hydrogen-bond donors (Lipinski definition) is 3. The Bertz CT molecular complexity index is 420. The Morgan fingerprint density at radius 2 is 2.11 bits per heavy atom. The van der Waals surface area contributed by atoms with Crippen LogP contribution in [0.5, 0.6) is 0 Å². The second-order valence-corrected chi connectivity index (χ2v) is 5.99. The summed E-state index contributed by atoms with van der Waals surface area (Å²) in [5.41, 5.74) is 0.985. The molecule has 0 aliphatic carbocycles. The normalized spacial score (nSPS) is 12.1. The molecule has 0 aliphatic rings. The molecule has 0 bridgehead atoms. The van der Waals surface area contributed by atoms with Crippen molar-refractivity contribution in [3.63, 3.8) is 0 Å². The van der Waals surface area contributed by atoms with Crippen LogP contribution in [-0.2, 0) is 11.3 Å². The molecule has 1 rings (SSSR count). The summed E-state index contributed by atoms with van der Waals surface area (Å²) >= 11 is 1.66. The van der Waals surface area contributed by atoms with Crippen molar-refractivity contribution in [2.75, 3.05) is 13.6 Å². The molecule has 0 spiro atoms. The molecule has 0 saturated carbocycles. The summed E-state index contributed by atoms with van der Waals surface area (Å²) in [7, 11) is 1.69. The Morgan fingerprint density at radius 3 is 2.63 bits per heavy atom. The van der Waals surface area contributed by atoms with E-state index < -0.39 is 0 Å². The van der Waals surface area contributed by atoms with E-state index in [9.17, 15) is 4.79 Å². The lowest BCUT2D eigenvalue weighted by molar-refractivity contribution is -0.121. The minimum atomic E-state index is -0.216. The summed E-state index contributed by atoms with van der Waals surface area (Å²) in [6.45, 7) is 6.77. The maximum Gasteiger partial charge on any atom is 0.239 e. The molecule has 0 fully saturated rings. The largest absolute Gasteiger partial charge is 0.352 e. The predicted molar refractivity (Wildman–Crippen MR) is 80.4 cm³/mol. The summed E-state index contributed by atoms with van der Waals surface area (Å²) in [6, 6.07) is 2.05. The molecule has 19 heavy (non-hydrogen) atoms. The van der Waals surface area contributed by atoms with E-state index in [0.29, 0.717) is 12.5 Å². The van der Waals surface area contributed by atoms with Crippen molar-refractivity contribution in [3.05, 3.63) is 22.4 Å². The smallest absolute Gasteiger partial charge is 0.239 e. The molecule has 0 aromatic carbocycles. The quantitative estimate of drug-likeness (QED) is 0.576. The van der Waals surface area contributed by atoms with Crippen LogP contribution in [-0.4, -0.2) is 31.0 Å². The van der Waals surface area contributed by atoms with E-state index >= 15 is 0 Å². The van der Waals surface area contributed by atoms with Gasteiger partial charge >= 0.3 is 0 Å². The Kier molecular flexibility index (Phi) is 5.82. The van der Waals surface area contributed by atoms with E-state index in [1.807, 2.05) is 26.2 Å². The van der Waals surface area contributed by atoms with Crippen molar-refractivity contribution < 1.29 is 4.79 Å². The molecule has 1 amide bonds. The molecular formula is C13H22N4OS. The van der Waals surface area contributed by atoms with Gasteiger partial charge in [-0.2, -0.15) is 11.3 Å². The van der Waals surface area contributed by atoms with Gasteiger partial charge in [0.2, 0.25) is 5.91 Å². The molecule has 0 unspecified atom stereocenters. The van der Waals surface area contributed by atoms with Crippen molar-refractivity contribution in [1.29, 1.82) is 0 Å². The van der Waals surface area contributed by atoms with Crippen molar-refractivity contribution in [2.24, 2.45) is 4.99 Å². The molecule has 1 aromatic heterocycles. The number of thiophene rings is 1. The van der Waals surface area contributed by atoms with Crippen LogP contribution in [0.4, 0.5) is 0 Å². The first kappa shape index (κ1) is 15.5. The lowest BCUT2D eigenvalue weighted by Crippen LogP contribution is -2.48. The first-order chi connectivity index (χ1) is 8.90. The average Bonchev–Trinajstić information content (AvgIpc) is 2.80. The van der Waals surface area contributed by atoms with Crippen LogP contribution in [0.3, 0.4) is 0 Å². The highest BCUT2D eigenvalue weighted by molar-refractivity contribution is 7.07. The van der Waals surface area contributed by atoms with Crippen molar-refractivity contribution in [2.45, 2.75) is 32.9 Å². The van der Waals surface area contributed by atoms with Gasteiger partial charge in [-0.25, -0.2) is 0 Å². The van der Waals surface area contributed by atoms with Gasteiger partial charge in [-0.15, -0.1) is 0 Å².